The molecule has 4 rings (SSSR count). The van der Waals surface area contributed by atoms with Crippen molar-refractivity contribution in [3.05, 3.63) is 78.8 Å². The van der Waals surface area contributed by atoms with Gasteiger partial charge in [-0.05, 0) is 36.2 Å². The van der Waals surface area contributed by atoms with Crippen LogP contribution in [0.4, 0.5) is 0 Å². The zero-order valence-corrected chi connectivity index (χ0v) is 22.1. The first-order valence-corrected chi connectivity index (χ1v) is 12.3. The Bertz CT molecular complexity index is 1270. The van der Waals surface area contributed by atoms with Crippen LogP contribution in [-0.4, -0.2) is 26.0 Å². The number of hydrogen-bond acceptors (Lipinski definition) is 7. The highest BCUT2D eigenvalue weighted by Gasteiger charge is 2.42. The maximum Gasteiger partial charge on any atom is 0.340 e. The van der Waals surface area contributed by atoms with Crippen molar-refractivity contribution in [2.75, 3.05) is 14.2 Å². The van der Waals surface area contributed by atoms with Gasteiger partial charge in [0, 0.05) is 38.5 Å². The van der Waals surface area contributed by atoms with E-state index in [1.165, 1.54) is 14.2 Å². The van der Waals surface area contributed by atoms with Crippen molar-refractivity contribution < 1.29 is 28.5 Å². The highest BCUT2D eigenvalue weighted by molar-refractivity contribution is 9.10. The first kappa shape index (κ1) is 25.4. The summed E-state index contributed by atoms with van der Waals surface area (Å²) < 4.78 is 22.8. The molecule has 0 bridgehead atoms. The number of ketones is 1. The minimum Gasteiger partial charge on any atom is -0.493 e. The maximum absolute atomic E-state index is 13.0. The van der Waals surface area contributed by atoms with Crippen LogP contribution >= 0.6 is 39.1 Å². The number of carbonyl (C=O) groups is 2. The molecule has 184 valence electrons. The van der Waals surface area contributed by atoms with Gasteiger partial charge in [0.2, 0.25) is 5.88 Å². The summed E-state index contributed by atoms with van der Waals surface area (Å²) >= 11 is 15.8. The Morgan fingerprint density at radius 3 is 2.63 bits per heavy atom. The summed E-state index contributed by atoms with van der Waals surface area (Å²) in [7, 11) is 2.75. The molecule has 2 aliphatic rings. The Morgan fingerprint density at radius 1 is 1.17 bits per heavy atom. The predicted octanol–water partition coefficient (Wildman–Crippen LogP) is 5.81. The van der Waals surface area contributed by atoms with Crippen LogP contribution in [0.5, 0.6) is 11.5 Å². The second-order valence-corrected chi connectivity index (χ2v) is 9.67. The summed E-state index contributed by atoms with van der Waals surface area (Å²) in [6, 6.07) is 8.57. The monoisotopic (exact) mass is 581 g/mol. The van der Waals surface area contributed by atoms with Gasteiger partial charge in [0.15, 0.2) is 17.3 Å². The summed E-state index contributed by atoms with van der Waals surface area (Å²) in [5, 5.41) is 1.01. The topological polar surface area (TPSA) is 97.1 Å². The van der Waals surface area contributed by atoms with Gasteiger partial charge in [-0.3, -0.25) is 4.79 Å². The molecule has 2 N–H and O–H groups in total. The van der Waals surface area contributed by atoms with E-state index in [1.807, 2.05) is 0 Å². The lowest BCUT2D eigenvalue weighted by atomic mass is 9.77. The number of rotatable bonds is 6. The van der Waals surface area contributed by atoms with E-state index >= 15 is 0 Å². The van der Waals surface area contributed by atoms with Crippen molar-refractivity contribution in [2.45, 2.75) is 31.8 Å². The van der Waals surface area contributed by atoms with E-state index in [0.717, 1.165) is 5.56 Å². The quantitative estimate of drug-likeness (QED) is 0.429. The summed E-state index contributed by atoms with van der Waals surface area (Å²) in [4.78, 5) is 25.7. The summed E-state index contributed by atoms with van der Waals surface area (Å²) in [6.45, 7) is 0.170. The van der Waals surface area contributed by atoms with E-state index in [4.69, 9.17) is 47.9 Å². The molecule has 0 aromatic heterocycles. The lowest BCUT2D eigenvalue weighted by Gasteiger charge is -2.33. The Hall–Kier alpha value is -2.68. The van der Waals surface area contributed by atoms with E-state index in [0.29, 0.717) is 62.2 Å². The Morgan fingerprint density at radius 2 is 1.94 bits per heavy atom. The normalized spacial score (nSPS) is 17.6. The van der Waals surface area contributed by atoms with Crippen LogP contribution < -0.4 is 15.2 Å². The molecule has 0 unspecified atom stereocenters. The number of ether oxygens (including phenoxy) is 4. The molecule has 7 nitrogen and oxygen atoms in total. The number of methoxy groups -OCH3 is 2. The largest absolute Gasteiger partial charge is 0.493 e. The van der Waals surface area contributed by atoms with Gasteiger partial charge in [-0.25, -0.2) is 4.79 Å². The molecule has 2 aromatic carbocycles. The van der Waals surface area contributed by atoms with E-state index in [9.17, 15) is 9.59 Å². The number of Topliss-reactive ketones (excluding diaryl/α,β-unsaturated/α-hetero) is 1. The lowest BCUT2D eigenvalue weighted by Crippen LogP contribution is -2.31. The van der Waals surface area contributed by atoms with Gasteiger partial charge in [-0.2, -0.15) is 0 Å². The third-order valence-electron chi connectivity index (χ3n) is 5.88. The SMILES string of the molecule is COC(=O)C1=C(N)OC2=C(C(=O)CCC2)[C@@H]1c1cc(OC)c(OCc2ccc(Cl)cc2Cl)cc1Br. The van der Waals surface area contributed by atoms with Gasteiger partial charge in [0.05, 0.1) is 20.1 Å². The molecule has 0 spiro atoms. The number of nitrogens with two attached hydrogens (primary N) is 1. The van der Waals surface area contributed by atoms with Crippen LogP contribution in [0.2, 0.25) is 10.0 Å². The molecule has 1 atom stereocenters. The van der Waals surface area contributed by atoms with Crippen LogP contribution in [0.1, 0.15) is 36.3 Å². The molecule has 0 radical (unpaired) electrons. The first-order valence-electron chi connectivity index (χ1n) is 10.7. The van der Waals surface area contributed by atoms with Crippen LogP contribution in [0.15, 0.2) is 57.6 Å². The molecule has 35 heavy (non-hydrogen) atoms. The van der Waals surface area contributed by atoms with Crippen molar-refractivity contribution in [1.29, 1.82) is 0 Å². The molecule has 2 aromatic rings. The summed E-state index contributed by atoms with van der Waals surface area (Å²) in [5.41, 5.74) is 7.94. The van der Waals surface area contributed by atoms with E-state index in [1.54, 1.807) is 30.3 Å². The van der Waals surface area contributed by atoms with Crippen LogP contribution in [0.25, 0.3) is 0 Å². The average molecular weight is 583 g/mol. The van der Waals surface area contributed by atoms with Crippen LogP contribution in [0, 0.1) is 0 Å². The fourth-order valence-electron chi connectivity index (χ4n) is 4.21. The van der Waals surface area contributed by atoms with Gasteiger partial charge in [0.1, 0.15) is 17.9 Å². The smallest absolute Gasteiger partial charge is 0.340 e. The molecule has 0 fully saturated rings. The molecule has 0 amide bonds. The van der Waals surface area contributed by atoms with Gasteiger partial charge >= 0.3 is 5.97 Å². The Balaban J connectivity index is 1.77. The highest BCUT2D eigenvalue weighted by atomic mass is 79.9. The minimum atomic E-state index is -0.790. The minimum absolute atomic E-state index is 0.0610. The van der Waals surface area contributed by atoms with Crippen molar-refractivity contribution in [1.82, 2.24) is 0 Å². The number of halogens is 3. The first-order chi connectivity index (χ1) is 16.7. The number of benzene rings is 2. The van der Waals surface area contributed by atoms with Gasteiger partial charge in [0.25, 0.3) is 0 Å². The van der Waals surface area contributed by atoms with Gasteiger partial charge in [-0.15, -0.1) is 0 Å². The lowest BCUT2D eigenvalue weighted by molar-refractivity contribution is -0.136. The molecule has 0 saturated heterocycles. The van der Waals surface area contributed by atoms with Crippen molar-refractivity contribution in [3.63, 3.8) is 0 Å². The highest BCUT2D eigenvalue weighted by Crippen LogP contribution is 2.48. The van der Waals surface area contributed by atoms with Crippen LogP contribution in [0.3, 0.4) is 0 Å². The summed E-state index contributed by atoms with van der Waals surface area (Å²) in [5.74, 6) is -0.356. The van der Waals surface area contributed by atoms with E-state index in [2.05, 4.69) is 15.9 Å². The maximum atomic E-state index is 13.0. The van der Waals surface area contributed by atoms with E-state index in [-0.39, 0.29) is 23.8 Å². The zero-order chi connectivity index (χ0) is 25.3. The molecule has 0 saturated carbocycles. The van der Waals surface area contributed by atoms with Crippen molar-refractivity contribution in [3.8, 4) is 11.5 Å². The third kappa shape index (κ3) is 5.01. The number of esters is 1. The standard InChI is InChI=1S/C25H22BrCl2NO6/c1-32-19-9-14(15(26)10-20(19)34-11-12-6-7-13(27)8-16(12)28)21-22-17(30)4-3-5-18(22)35-24(29)23(21)25(31)33-2/h6-10,21H,3-5,11,29H2,1-2H3/t21-/m0/s1. The van der Waals surface area contributed by atoms with Crippen molar-refractivity contribution in [2.24, 2.45) is 5.73 Å². The molecule has 10 heteroatoms. The molecular formula is C25H22BrCl2NO6. The Labute approximate surface area is 220 Å². The fraction of sp³-hybridized carbons (Fsp3) is 0.280. The number of hydrogen-bond donors (Lipinski definition) is 1. The fourth-order valence-corrected chi connectivity index (χ4v) is 5.23. The summed E-state index contributed by atoms with van der Waals surface area (Å²) in [6.07, 6.45) is 1.55. The molecule has 1 aliphatic heterocycles. The van der Waals surface area contributed by atoms with Gasteiger partial charge in [-0.1, -0.05) is 45.2 Å². The Kier molecular flexibility index (Phi) is 7.64. The average Bonchev–Trinajstić information content (AvgIpc) is 2.82. The number of carbonyl (C=O) groups excluding carboxylic acids is 2. The number of allylic oxidation sites excluding steroid dienone is 2. The molecule has 1 heterocycles. The predicted molar refractivity (Wildman–Crippen MR) is 134 cm³/mol. The van der Waals surface area contributed by atoms with E-state index < -0.39 is 11.9 Å². The second kappa shape index (κ2) is 10.5. The molecule has 1 aliphatic carbocycles. The van der Waals surface area contributed by atoms with Crippen LogP contribution in [-0.2, 0) is 25.7 Å². The van der Waals surface area contributed by atoms with Gasteiger partial charge < -0.3 is 24.7 Å². The van der Waals surface area contributed by atoms with Crippen molar-refractivity contribution >= 4 is 50.9 Å². The second-order valence-electron chi connectivity index (χ2n) is 7.97. The molecular weight excluding hydrogens is 561 g/mol. The third-order valence-corrected chi connectivity index (χ3v) is 7.16. The zero-order valence-electron chi connectivity index (χ0n) is 19.0.